The highest BCUT2D eigenvalue weighted by Gasteiger charge is 2.32. The van der Waals surface area contributed by atoms with Gasteiger partial charge in [-0.05, 0) is 50.1 Å². The highest BCUT2D eigenvalue weighted by Crippen LogP contribution is 2.36. The van der Waals surface area contributed by atoms with E-state index in [-0.39, 0.29) is 40.5 Å². The number of carbonyl (C=O) groups excluding carboxylic acids is 1. The summed E-state index contributed by atoms with van der Waals surface area (Å²) in [5, 5.41) is -0.363. The molecule has 1 aromatic heterocycles. The van der Waals surface area contributed by atoms with Crippen molar-refractivity contribution in [2.45, 2.75) is 43.9 Å². The van der Waals surface area contributed by atoms with Gasteiger partial charge in [0, 0.05) is 18.7 Å². The number of nitrogens with zero attached hydrogens (tertiary/aromatic N) is 1. The van der Waals surface area contributed by atoms with E-state index in [1.807, 2.05) is 4.72 Å². The molecule has 0 aliphatic heterocycles. The van der Waals surface area contributed by atoms with Crippen LogP contribution in [0.1, 0.15) is 31.4 Å². The van der Waals surface area contributed by atoms with Gasteiger partial charge in [-0.2, -0.15) is 13.2 Å². The first kappa shape index (κ1) is 27.3. The number of benzene rings is 2. The van der Waals surface area contributed by atoms with Crippen LogP contribution in [0.4, 0.5) is 13.2 Å². The molecule has 1 heterocycles. The second kappa shape index (κ2) is 11.2. The Hall–Kier alpha value is -3.31. The minimum atomic E-state index is -4.63. The van der Waals surface area contributed by atoms with E-state index in [0.29, 0.717) is 23.6 Å². The summed E-state index contributed by atoms with van der Waals surface area (Å²) in [4.78, 5) is 16.0. The van der Waals surface area contributed by atoms with Crippen molar-refractivity contribution < 1.29 is 35.9 Å². The molecule has 2 aromatic carbocycles. The van der Waals surface area contributed by atoms with E-state index < -0.39 is 27.7 Å². The lowest BCUT2D eigenvalue weighted by atomic mass is 10.1. The van der Waals surface area contributed by atoms with E-state index in [4.69, 9.17) is 21.1 Å². The summed E-state index contributed by atoms with van der Waals surface area (Å²) in [5.41, 5.74) is -0.579. The monoisotopic (exact) mass is 542 g/mol. The maximum atomic E-state index is 12.9. The third-order valence-corrected chi connectivity index (χ3v) is 6.33. The van der Waals surface area contributed by atoms with Gasteiger partial charge in [0.1, 0.15) is 16.5 Å². The van der Waals surface area contributed by atoms with Gasteiger partial charge in [0.15, 0.2) is 0 Å². The molecule has 1 N–H and O–H groups in total. The summed E-state index contributed by atoms with van der Waals surface area (Å²) >= 11 is 5.97. The second-order valence-corrected chi connectivity index (χ2v) is 9.98. The van der Waals surface area contributed by atoms with E-state index in [1.165, 1.54) is 30.3 Å². The van der Waals surface area contributed by atoms with E-state index in [1.54, 1.807) is 32.0 Å². The number of aromatic nitrogens is 1. The Labute approximate surface area is 211 Å². The number of sulfonamides is 1. The first-order valence-electron chi connectivity index (χ1n) is 10.7. The van der Waals surface area contributed by atoms with E-state index in [0.717, 1.165) is 0 Å². The van der Waals surface area contributed by atoms with Gasteiger partial charge in [-0.25, -0.2) is 18.1 Å². The first-order valence-corrected chi connectivity index (χ1v) is 12.5. The van der Waals surface area contributed by atoms with Gasteiger partial charge in [-0.15, -0.1) is 0 Å². The van der Waals surface area contributed by atoms with Gasteiger partial charge in [0.2, 0.25) is 11.8 Å². The molecule has 0 saturated heterocycles. The minimum Gasteiger partial charge on any atom is -0.491 e. The first-order chi connectivity index (χ1) is 16.8. The van der Waals surface area contributed by atoms with Gasteiger partial charge >= 0.3 is 6.18 Å². The Morgan fingerprint density at radius 1 is 1.11 bits per heavy atom. The van der Waals surface area contributed by atoms with E-state index >= 15 is 0 Å². The van der Waals surface area contributed by atoms with Crippen LogP contribution in [0.2, 0.25) is 5.02 Å². The smallest absolute Gasteiger partial charge is 0.417 e. The van der Waals surface area contributed by atoms with Crippen LogP contribution >= 0.6 is 11.6 Å². The largest absolute Gasteiger partial charge is 0.491 e. The number of halogens is 4. The molecule has 0 aliphatic rings. The Bertz CT molecular complexity index is 1330. The number of carbonyl (C=O) groups is 1. The number of hydrogen-bond donors (Lipinski definition) is 1. The van der Waals surface area contributed by atoms with E-state index in [9.17, 15) is 26.4 Å². The summed E-state index contributed by atoms with van der Waals surface area (Å²) in [7, 11) is -4.03. The summed E-state index contributed by atoms with van der Waals surface area (Å²) in [6, 6.07) is 12.8. The molecule has 3 rings (SSSR count). The third-order valence-electron chi connectivity index (χ3n) is 4.67. The van der Waals surface area contributed by atoms with Crippen molar-refractivity contribution in [3.8, 4) is 17.4 Å². The number of nitrogens with one attached hydrogen (secondary N) is 1. The topological polar surface area (TPSA) is 94.6 Å². The molecular weight excluding hydrogens is 521 g/mol. The number of pyridine rings is 1. The maximum absolute atomic E-state index is 12.9. The fourth-order valence-corrected chi connectivity index (χ4v) is 4.29. The average molecular weight is 543 g/mol. The Balaban J connectivity index is 1.80. The normalized spacial score (nSPS) is 11.9. The van der Waals surface area contributed by atoms with Gasteiger partial charge in [0.25, 0.3) is 10.0 Å². The van der Waals surface area contributed by atoms with Crippen molar-refractivity contribution in [1.29, 1.82) is 0 Å². The van der Waals surface area contributed by atoms with Crippen molar-refractivity contribution >= 4 is 27.5 Å². The Kier molecular flexibility index (Phi) is 8.47. The molecule has 3 aromatic rings. The van der Waals surface area contributed by atoms with Crippen molar-refractivity contribution in [2.24, 2.45) is 0 Å². The van der Waals surface area contributed by atoms with Crippen LogP contribution in [0.15, 0.2) is 65.7 Å². The molecule has 0 spiro atoms. The molecule has 0 aliphatic carbocycles. The summed E-state index contributed by atoms with van der Waals surface area (Å²) < 4.78 is 76.9. The van der Waals surface area contributed by atoms with Crippen LogP contribution in [0.3, 0.4) is 0 Å². The molecule has 0 atom stereocenters. The standard InChI is InChI=1S/C24H22ClF3N2O5S/c1-15(2)34-18-10-8-16(9-11-22(31)30-36(32,33)19-6-4-3-5-7-19)21(13-18)35-23-20(25)12-17(14-29-23)24(26,27)28/h3-8,10,12-15H,9,11H2,1-2H3,(H,30,31). The fraction of sp³-hybridized carbons (Fsp3) is 0.250. The summed E-state index contributed by atoms with van der Waals surface area (Å²) in [5.74, 6) is -0.481. The number of amides is 1. The molecule has 0 fully saturated rings. The zero-order chi connectivity index (χ0) is 26.5. The van der Waals surface area contributed by atoms with Gasteiger partial charge in [0.05, 0.1) is 16.6 Å². The van der Waals surface area contributed by atoms with E-state index in [2.05, 4.69) is 4.98 Å². The number of hydrogen-bond acceptors (Lipinski definition) is 6. The van der Waals surface area contributed by atoms with Crippen molar-refractivity contribution in [1.82, 2.24) is 9.71 Å². The highest BCUT2D eigenvalue weighted by molar-refractivity contribution is 7.90. The molecule has 0 radical (unpaired) electrons. The number of rotatable bonds is 9. The predicted molar refractivity (Wildman–Crippen MR) is 127 cm³/mol. The fourth-order valence-electron chi connectivity index (χ4n) is 3.05. The SMILES string of the molecule is CC(C)Oc1ccc(CCC(=O)NS(=O)(=O)c2ccccc2)c(Oc2ncc(C(F)(F)F)cc2Cl)c1. The lowest BCUT2D eigenvalue weighted by molar-refractivity contribution is -0.137. The van der Waals surface area contributed by atoms with Crippen LogP contribution in [0.25, 0.3) is 0 Å². The molecule has 0 unspecified atom stereocenters. The number of ether oxygens (including phenoxy) is 2. The average Bonchev–Trinajstić information content (AvgIpc) is 2.79. The van der Waals surface area contributed by atoms with Crippen LogP contribution in [0.5, 0.6) is 17.4 Å². The minimum absolute atomic E-state index is 0.0473. The van der Waals surface area contributed by atoms with Crippen molar-refractivity contribution in [3.63, 3.8) is 0 Å². The molecule has 12 heteroatoms. The Morgan fingerprint density at radius 3 is 2.42 bits per heavy atom. The second-order valence-electron chi connectivity index (χ2n) is 7.89. The van der Waals surface area contributed by atoms with Gasteiger partial charge < -0.3 is 9.47 Å². The van der Waals surface area contributed by atoms with Crippen LogP contribution < -0.4 is 14.2 Å². The van der Waals surface area contributed by atoms with Crippen LogP contribution in [-0.4, -0.2) is 25.4 Å². The molecular formula is C24H22ClF3N2O5S. The quantitative estimate of drug-likeness (QED) is 0.369. The lowest BCUT2D eigenvalue weighted by Crippen LogP contribution is -2.30. The molecule has 192 valence electrons. The van der Waals surface area contributed by atoms with Crippen molar-refractivity contribution in [2.75, 3.05) is 0 Å². The third kappa shape index (κ3) is 7.34. The Morgan fingerprint density at radius 2 is 1.81 bits per heavy atom. The number of aryl methyl sites for hydroxylation is 1. The molecule has 36 heavy (non-hydrogen) atoms. The predicted octanol–water partition coefficient (Wildman–Crippen LogP) is 5.77. The molecule has 0 bridgehead atoms. The zero-order valence-electron chi connectivity index (χ0n) is 19.2. The zero-order valence-corrected chi connectivity index (χ0v) is 20.7. The van der Waals surface area contributed by atoms with Crippen molar-refractivity contribution in [3.05, 3.63) is 76.9 Å². The van der Waals surface area contributed by atoms with Crippen LogP contribution in [-0.2, 0) is 27.4 Å². The lowest BCUT2D eigenvalue weighted by Gasteiger charge is -2.16. The van der Waals surface area contributed by atoms with Crippen LogP contribution in [0, 0.1) is 0 Å². The molecule has 7 nitrogen and oxygen atoms in total. The summed E-state index contributed by atoms with van der Waals surface area (Å²) in [6.45, 7) is 3.61. The molecule has 1 amide bonds. The summed E-state index contributed by atoms with van der Waals surface area (Å²) in [6.07, 6.45) is -4.38. The number of alkyl halides is 3. The molecule has 0 saturated carbocycles. The highest BCUT2D eigenvalue weighted by atomic mass is 35.5. The maximum Gasteiger partial charge on any atom is 0.417 e. The van der Waals surface area contributed by atoms with Gasteiger partial charge in [-0.3, -0.25) is 4.79 Å². The van der Waals surface area contributed by atoms with Gasteiger partial charge in [-0.1, -0.05) is 35.9 Å².